The maximum Gasteiger partial charge on any atom is 0.178 e. The number of hydrogen-bond donors (Lipinski definition) is 2. The third-order valence-corrected chi connectivity index (χ3v) is 5.10. The summed E-state index contributed by atoms with van der Waals surface area (Å²) in [5.41, 5.74) is 5.49. The van der Waals surface area contributed by atoms with Crippen molar-refractivity contribution in [3.05, 3.63) is 66.5 Å². The third kappa shape index (κ3) is 3.35. The Hall–Kier alpha value is -4.53. The largest absolute Gasteiger partial charge is 0.335 e. The highest BCUT2D eigenvalue weighted by Crippen LogP contribution is 2.32. The van der Waals surface area contributed by atoms with Gasteiger partial charge in [-0.3, -0.25) is 15.1 Å². The SMILES string of the molecule is C=NC=N/C=C(\C)c1cc2c(-c3nc4nccc(-c5ccncc5)c4[nH]3)n[nH]c2cc1F. The van der Waals surface area contributed by atoms with Crippen LogP contribution in [0.25, 0.3) is 50.3 Å². The van der Waals surface area contributed by atoms with Gasteiger partial charge in [0.2, 0.25) is 0 Å². The van der Waals surface area contributed by atoms with Crippen LogP contribution in [-0.2, 0) is 0 Å². The predicted octanol–water partition coefficient (Wildman–Crippen LogP) is 4.79. The third-order valence-electron chi connectivity index (χ3n) is 5.10. The Bertz CT molecular complexity index is 1510. The lowest BCUT2D eigenvalue weighted by atomic mass is 10.0. The van der Waals surface area contributed by atoms with Crippen LogP contribution in [0.4, 0.5) is 4.39 Å². The zero-order valence-corrected chi connectivity index (χ0v) is 17.0. The van der Waals surface area contributed by atoms with Gasteiger partial charge in [-0.25, -0.2) is 19.4 Å². The first kappa shape index (κ1) is 19.4. The fourth-order valence-electron chi connectivity index (χ4n) is 3.58. The molecule has 0 spiro atoms. The fraction of sp³-hybridized carbons (Fsp3) is 0.0435. The number of benzene rings is 1. The molecule has 4 heterocycles. The van der Waals surface area contributed by atoms with Crippen LogP contribution >= 0.6 is 0 Å². The van der Waals surface area contributed by atoms with Gasteiger partial charge in [0.15, 0.2) is 11.5 Å². The zero-order valence-electron chi connectivity index (χ0n) is 17.0. The summed E-state index contributed by atoms with van der Waals surface area (Å²) in [6, 6.07) is 8.91. The molecule has 0 bridgehead atoms. The van der Waals surface area contributed by atoms with Crippen LogP contribution in [0, 0.1) is 5.82 Å². The Morgan fingerprint density at radius 3 is 2.81 bits per heavy atom. The number of nitrogens with zero attached hydrogens (tertiary/aromatic N) is 6. The summed E-state index contributed by atoms with van der Waals surface area (Å²) in [5, 5.41) is 8.00. The van der Waals surface area contributed by atoms with Gasteiger partial charge < -0.3 is 4.98 Å². The highest BCUT2D eigenvalue weighted by Gasteiger charge is 2.18. The Kier molecular flexibility index (Phi) is 4.83. The molecule has 0 amide bonds. The number of aromatic amines is 2. The van der Waals surface area contributed by atoms with Gasteiger partial charge in [-0.05, 0) is 49.0 Å². The number of nitrogens with one attached hydrogen (secondary N) is 2. The molecular weight excluding hydrogens is 407 g/mol. The van der Waals surface area contributed by atoms with E-state index in [1.807, 2.05) is 18.2 Å². The van der Waals surface area contributed by atoms with E-state index in [0.717, 1.165) is 22.0 Å². The van der Waals surface area contributed by atoms with Crippen molar-refractivity contribution in [3.63, 3.8) is 0 Å². The smallest absolute Gasteiger partial charge is 0.178 e. The van der Waals surface area contributed by atoms with Crippen LogP contribution in [-0.4, -0.2) is 43.2 Å². The molecule has 0 aliphatic rings. The van der Waals surface area contributed by atoms with Crippen LogP contribution in [0.3, 0.4) is 0 Å². The number of halogens is 1. The van der Waals surface area contributed by atoms with Crippen LogP contribution in [0.2, 0.25) is 0 Å². The van der Waals surface area contributed by atoms with Gasteiger partial charge >= 0.3 is 0 Å². The zero-order chi connectivity index (χ0) is 22.1. The van der Waals surface area contributed by atoms with Gasteiger partial charge in [0, 0.05) is 47.4 Å². The Labute approximate surface area is 181 Å². The molecule has 9 heteroatoms. The van der Waals surface area contributed by atoms with Crippen LogP contribution in [0.15, 0.2) is 65.1 Å². The Balaban J connectivity index is 1.65. The van der Waals surface area contributed by atoms with Crippen molar-refractivity contribution >= 4 is 40.7 Å². The summed E-state index contributed by atoms with van der Waals surface area (Å²) >= 11 is 0. The predicted molar refractivity (Wildman–Crippen MR) is 124 cm³/mol. The summed E-state index contributed by atoms with van der Waals surface area (Å²) < 4.78 is 14.7. The van der Waals surface area contributed by atoms with Gasteiger partial charge in [0.05, 0.1) is 11.0 Å². The van der Waals surface area contributed by atoms with Crippen LogP contribution in [0.1, 0.15) is 12.5 Å². The van der Waals surface area contributed by atoms with Gasteiger partial charge in [-0.1, -0.05) is 0 Å². The van der Waals surface area contributed by atoms with Crippen molar-refractivity contribution in [1.29, 1.82) is 0 Å². The summed E-state index contributed by atoms with van der Waals surface area (Å²) in [7, 11) is 0. The minimum absolute atomic E-state index is 0.380. The van der Waals surface area contributed by atoms with Crippen LogP contribution in [0.5, 0.6) is 0 Å². The number of pyridine rings is 2. The molecule has 4 aromatic heterocycles. The highest BCUT2D eigenvalue weighted by atomic mass is 19.1. The first-order chi connectivity index (χ1) is 15.7. The molecule has 2 N–H and O–H groups in total. The second-order valence-electron chi connectivity index (χ2n) is 7.09. The van der Waals surface area contributed by atoms with Crippen molar-refractivity contribution in [3.8, 4) is 22.6 Å². The van der Waals surface area contributed by atoms with Crippen molar-refractivity contribution in [2.24, 2.45) is 9.98 Å². The first-order valence-corrected chi connectivity index (χ1v) is 9.73. The molecule has 0 saturated carbocycles. The van der Waals surface area contributed by atoms with E-state index in [1.54, 1.807) is 31.6 Å². The quantitative estimate of drug-likeness (QED) is 0.312. The topological polar surface area (TPSA) is 108 Å². The fourth-order valence-corrected chi connectivity index (χ4v) is 3.58. The van der Waals surface area contributed by atoms with Crippen molar-refractivity contribution < 1.29 is 4.39 Å². The lowest BCUT2D eigenvalue weighted by Gasteiger charge is -2.03. The lowest BCUT2D eigenvalue weighted by molar-refractivity contribution is 0.625. The van der Waals surface area contributed by atoms with Gasteiger partial charge in [0.25, 0.3) is 0 Å². The number of aromatic nitrogens is 6. The monoisotopic (exact) mass is 424 g/mol. The molecule has 0 atom stereocenters. The first-order valence-electron chi connectivity index (χ1n) is 9.73. The number of imidazole rings is 1. The summed E-state index contributed by atoms with van der Waals surface area (Å²) in [5.74, 6) is 0.155. The van der Waals surface area contributed by atoms with E-state index in [4.69, 9.17) is 0 Å². The van der Waals surface area contributed by atoms with Crippen molar-refractivity contribution in [2.75, 3.05) is 0 Å². The number of rotatable bonds is 5. The van der Waals surface area contributed by atoms with E-state index in [0.29, 0.717) is 33.8 Å². The minimum atomic E-state index is -0.380. The number of fused-ring (bicyclic) bond motifs is 2. The van der Waals surface area contributed by atoms with E-state index in [2.05, 4.69) is 46.8 Å². The number of H-pyrrole nitrogens is 2. The summed E-state index contributed by atoms with van der Waals surface area (Å²) in [6.07, 6.45) is 8.02. The lowest BCUT2D eigenvalue weighted by Crippen LogP contribution is -1.88. The molecule has 0 unspecified atom stereocenters. The molecule has 5 rings (SSSR count). The van der Waals surface area contributed by atoms with Crippen molar-refractivity contribution in [2.45, 2.75) is 6.92 Å². The van der Waals surface area contributed by atoms with E-state index in [9.17, 15) is 4.39 Å². The van der Waals surface area contributed by atoms with Crippen molar-refractivity contribution in [1.82, 2.24) is 30.1 Å². The Morgan fingerprint density at radius 1 is 1.16 bits per heavy atom. The summed E-state index contributed by atoms with van der Waals surface area (Å²) in [4.78, 5) is 24.0. The minimum Gasteiger partial charge on any atom is -0.335 e. The second-order valence-corrected chi connectivity index (χ2v) is 7.09. The van der Waals surface area contributed by atoms with E-state index < -0.39 is 0 Å². The summed E-state index contributed by atoms with van der Waals surface area (Å²) in [6.45, 7) is 5.11. The van der Waals surface area contributed by atoms with Gasteiger partial charge in [0.1, 0.15) is 17.8 Å². The molecule has 32 heavy (non-hydrogen) atoms. The van der Waals surface area contributed by atoms with E-state index in [-0.39, 0.29) is 5.82 Å². The van der Waals surface area contributed by atoms with E-state index >= 15 is 0 Å². The second kappa shape index (κ2) is 7.95. The molecule has 0 fully saturated rings. The molecule has 1 aromatic carbocycles. The van der Waals surface area contributed by atoms with Crippen LogP contribution < -0.4 is 0 Å². The standard InChI is InChI=1S/C23H17FN8/c1-13(11-27-12-25-2)16-9-17-19(10-18(16)24)31-32-21(17)23-29-20-15(5-8-28-22(20)30-23)14-3-6-26-7-4-14/h3-12H,2H2,1H3,(H,31,32)(H,28,29,30)/b13-11+,27-12?. The van der Waals surface area contributed by atoms with Gasteiger partial charge in [-0.15, -0.1) is 0 Å². The molecule has 8 nitrogen and oxygen atoms in total. The van der Waals surface area contributed by atoms with Gasteiger partial charge in [-0.2, -0.15) is 5.10 Å². The molecule has 0 aliphatic carbocycles. The number of hydrogen-bond acceptors (Lipinski definition) is 5. The normalized spacial score (nSPS) is 12.2. The highest BCUT2D eigenvalue weighted by molar-refractivity contribution is 5.97. The molecule has 0 radical (unpaired) electrons. The number of allylic oxidation sites excluding steroid dienone is 1. The average molecular weight is 424 g/mol. The molecular formula is C23H17FN8. The number of aliphatic imine (C=N–C) groups is 2. The average Bonchev–Trinajstić information content (AvgIpc) is 3.42. The maximum atomic E-state index is 14.7. The molecule has 156 valence electrons. The molecule has 5 aromatic rings. The molecule has 0 saturated heterocycles. The Morgan fingerprint density at radius 2 is 2.00 bits per heavy atom. The molecule has 0 aliphatic heterocycles. The van der Waals surface area contributed by atoms with E-state index in [1.165, 1.54) is 18.6 Å². The maximum absolute atomic E-state index is 14.7.